The summed E-state index contributed by atoms with van der Waals surface area (Å²) < 4.78 is 29.4. The van der Waals surface area contributed by atoms with Crippen molar-refractivity contribution in [3.8, 4) is 5.75 Å². The molecule has 0 radical (unpaired) electrons. The van der Waals surface area contributed by atoms with Crippen LogP contribution < -0.4 is 0 Å². The minimum Gasteiger partial charge on any atom is -0.506 e. The van der Waals surface area contributed by atoms with Crippen LogP contribution in [0.15, 0.2) is 10.7 Å². The van der Waals surface area contributed by atoms with Crippen molar-refractivity contribution in [3.63, 3.8) is 0 Å². The van der Waals surface area contributed by atoms with E-state index in [1.807, 2.05) is 0 Å². The smallest absolute Gasteiger partial charge is 0.311 e. The number of rotatable bonds is 3. The van der Waals surface area contributed by atoms with Gasteiger partial charge < -0.3 is 9.84 Å². The summed E-state index contributed by atoms with van der Waals surface area (Å²) >= 11 is 2.88. The zero-order chi connectivity index (χ0) is 12.3. The summed E-state index contributed by atoms with van der Waals surface area (Å²) in [4.78, 5) is 14.6. The topological polar surface area (TPSA) is 59.4 Å². The molecule has 0 saturated carbocycles. The Morgan fingerprint density at radius 2 is 2.31 bits per heavy atom. The number of esters is 1. The predicted octanol–water partition coefficient (Wildman–Crippen LogP) is 2.20. The van der Waals surface area contributed by atoms with E-state index in [1.54, 1.807) is 0 Å². The first-order valence-electron chi connectivity index (χ1n) is 4.18. The molecule has 0 bridgehead atoms. The summed E-state index contributed by atoms with van der Waals surface area (Å²) in [5, 5.41) is 9.19. The van der Waals surface area contributed by atoms with Gasteiger partial charge in [0, 0.05) is 0 Å². The molecule has 0 unspecified atom stereocenters. The lowest BCUT2D eigenvalue weighted by Crippen LogP contribution is -2.08. The molecule has 0 aliphatic heterocycles. The molecule has 88 valence electrons. The lowest BCUT2D eigenvalue weighted by atomic mass is 10.2. The van der Waals surface area contributed by atoms with Crippen LogP contribution in [0.5, 0.6) is 5.75 Å². The lowest BCUT2D eigenvalue weighted by molar-refractivity contribution is -0.139. The summed E-state index contributed by atoms with van der Waals surface area (Å²) in [7, 11) is 1.19. The molecule has 1 aromatic rings. The number of carbonyl (C=O) groups excluding carboxylic acids is 1. The Morgan fingerprint density at radius 1 is 1.69 bits per heavy atom. The van der Waals surface area contributed by atoms with Crippen molar-refractivity contribution in [2.24, 2.45) is 0 Å². The van der Waals surface area contributed by atoms with Crippen LogP contribution in [0.1, 0.15) is 17.7 Å². The third kappa shape index (κ3) is 2.66. The molecule has 0 amide bonds. The fourth-order valence-corrected chi connectivity index (χ4v) is 1.69. The van der Waals surface area contributed by atoms with Crippen LogP contribution in [0.25, 0.3) is 0 Å². The molecule has 0 atom stereocenters. The third-order valence-corrected chi connectivity index (χ3v) is 2.75. The summed E-state index contributed by atoms with van der Waals surface area (Å²) in [6.07, 6.45) is -2.21. The highest BCUT2D eigenvalue weighted by molar-refractivity contribution is 9.10. The van der Waals surface area contributed by atoms with Gasteiger partial charge in [-0.3, -0.25) is 9.78 Å². The summed E-state index contributed by atoms with van der Waals surface area (Å²) in [5.41, 5.74) is -0.478. The average molecular weight is 296 g/mol. The van der Waals surface area contributed by atoms with Gasteiger partial charge >= 0.3 is 5.97 Å². The first kappa shape index (κ1) is 12.8. The molecule has 0 aliphatic rings. The number of carbonyl (C=O) groups is 1. The van der Waals surface area contributed by atoms with Crippen molar-refractivity contribution in [2.75, 3.05) is 7.11 Å². The molecule has 7 heteroatoms. The third-order valence-electron chi connectivity index (χ3n) is 1.87. The Kier molecular flexibility index (Phi) is 4.17. The average Bonchev–Trinajstić information content (AvgIpc) is 2.21. The van der Waals surface area contributed by atoms with Gasteiger partial charge in [-0.05, 0) is 15.9 Å². The van der Waals surface area contributed by atoms with Gasteiger partial charge in [-0.2, -0.15) is 0 Å². The monoisotopic (exact) mass is 295 g/mol. The number of halogens is 3. The molecule has 0 fully saturated rings. The van der Waals surface area contributed by atoms with Crippen LogP contribution in [0, 0.1) is 0 Å². The predicted molar refractivity (Wildman–Crippen MR) is 54.3 cm³/mol. The second kappa shape index (κ2) is 5.20. The molecule has 0 spiro atoms. The van der Waals surface area contributed by atoms with E-state index in [2.05, 4.69) is 25.7 Å². The van der Waals surface area contributed by atoms with Gasteiger partial charge in [0.25, 0.3) is 6.43 Å². The highest BCUT2D eigenvalue weighted by Crippen LogP contribution is 2.35. The molecule has 1 rings (SSSR count). The van der Waals surface area contributed by atoms with Crippen LogP contribution in [-0.4, -0.2) is 23.2 Å². The number of nitrogens with zero attached hydrogens (tertiary/aromatic N) is 1. The second-order valence-corrected chi connectivity index (χ2v) is 3.66. The minimum absolute atomic E-state index is 0.0760. The van der Waals surface area contributed by atoms with Crippen LogP contribution in [0.3, 0.4) is 0 Å². The number of alkyl halides is 2. The van der Waals surface area contributed by atoms with Gasteiger partial charge in [0.2, 0.25) is 0 Å². The molecular weight excluding hydrogens is 288 g/mol. The highest BCUT2D eigenvalue weighted by Gasteiger charge is 2.21. The fraction of sp³-hybridized carbons (Fsp3) is 0.333. The van der Waals surface area contributed by atoms with Crippen LogP contribution in [-0.2, 0) is 16.0 Å². The van der Waals surface area contributed by atoms with Crippen molar-refractivity contribution < 1.29 is 23.4 Å². The maximum absolute atomic E-state index is 12.6. The Bertz CT molecular complexity index is 412. The number of aromatic hydroxyl groups is 1. The quantitative estimate of drug-likeness (QED) is 0.869. The molecule has 1 heterocycles. The number of hydrogen-bond acceptors (Lipinski definition) is 4. The Labute approximate surface area is 98.4 Å². The van der Waals surface area contributed by atoms with E-state index >= 15 is 0 Å². The molecule has 1 aromatic heterocycles. The van der Waals surface area contributed by atoms with Gasteiger partial charge in [-0.15, -0.1) is 0 Å². The zero-order valence-corrected chi connectivity index (χ0v) is 9.79. The largest absolute Gasteiger partial charge is 0.506 e. The number of aromatic nitrogens is 1. The fourth-order valence-electron chi connectivity index (χ4n) is 1.07. The highest BCUT2D eigenvalue weighted by atomic mass is 79.9. The van der Waals surface area contributed by atoms with Crippen molar-refractivity contribution in [1.29, 1.82) is 0 Å². The van der Waals surface area contributed by atoms with Crippen LogP contribution in [0.2, 0.25) is 0 Å². The van der Waals surface area contributed by atoms with Gasteiger partial charge in [0.1, 0.15) is 5.75 Å². The van der Waals surface area contributed by atoms with Crippen molar-refractivity contribution in [3.05, 3.63) is 21.9 Å². The minimum atomic E-state index is -2.85. The van der Waals surface area contributed by atoms with Gasteiger partial charge in [-0.25, -0.2) is 8.78 Å². The molecule has 4 nitrogen and oxygen atoms in total. The number of hydrogen-bond donors (Lipinski definition) is 1. The standard InChI is InChI=1S/C9H8BrF2NO3/c1-16-6(15)2-4-8(10)7(9(11)12)5(14)3-13-4/h3,9,14H,2H2,1H3. The molecule has 1 N–H and O–H groups in total. The molecule has 16 heavy (non-hydrogen) atoms. The van der Waals surface area contributed by atoms with Crippen molar-refractivity contribution in [2.45, 2.75) is 12.8 Å². The van der Waals surface area contributed by atoms with Gasteiger partial charge in [0.15, 0.2) is 0 Å². The van der Waals surface area contributed by atoms with E-state index in [0.29, 0.717) is 0 Å². The van der Waals surface area contributed by atoms with E-state index in [1.165, 1.54) is 7.11 Å². The summed E-state index contributed by atoms with van der Waals surface area (Å²) in [6, 6.07) is 0. The maximum atomic E-state index is 12.6. The SMILES string of the molecule is COC(=O)Cc1ncc(O)c(C(F)F)c1Br. The molecule has 0 aromatic carbocycles. The van der Waals surface area contributed by atoms with E-state index < -0.39 is 23.7 Å². The number of ether oxygens (including phenoxy) is 1. The van der Waals surface area contributed by atoms with E-state index in [-0.39, 0.29) is 16.6 Å². The zero-order valence-electron chi connectivity index (χ0n) is 8.21. The molecule has 0 saturated heterocycles. The second-order valence-electron chi connectivity index (χ2n) is 2.87. The summed E-state index contributed by atoms with van der Waals surface area (Å²) in [6.45, 7) is 0. The van der Waals surface area contributed by atoms with Gasteiger partial charge in [-0.1, -0.05) is 0 Å². The van der Waals surface area contributed by atoms with Crippen molar-refractivity contribution >= 4 is 21.9 Å². The van der Waals surface area contributed by atoms with E-state index in [0.717, 1.165) is 6.20 Å². The molecular formula is C9H8BrF2NO3. The number of methoxy groups -OCH3 is 1. The maximum Gasteiger partial charge on any atom is 0.311 e. The van der Waals surface area contributed by atoms with Crippen molar-refractivity contribution in [1.82, 2.24) is 4.98 Å². The lowest BCUT2D eigenvalue weighted by Gasteiger charge is -2.09. The Balaban J connectivity index is 3.13. The first-order valence-corrected chi connectivity index (χ1v) is 4.97. The Morgan fingerprint density at radius 3 is 2.81 bits per heavy atom. The first-order chi connectivity index (χ1) is 7.47. The Hall–Kier alpha value is -1.24. The van der Waals surface area contributed by atoms with E-state index in [4.69, 9.17) is 0 Å². The van der Waals surface area contributed by atoms with Gasteiger partial charge in [0.05, 0.1) is 35.5 Å². The molecule has 0 aliphatic carbocycles. The summed E-state index contributed by atoms with van der Waals surface area (Å²) in [5.74, 6) is -1.21. The van der Waals surface area contributed by atoms with Crippen LogP contribution >= 0.6 is 15.9 Å². The normalized spacial score (nSPS) is 10.6. The van der Waals surface area contributed by atoms with Crippen LogP contribution in [0.4, 0.5) is 8.78 Å². The number of pyridine rings is 1. The van der Waals surface area contributed by atoms with E-state index in [9.17, 15) is 18.7 Å².